The van der Waals surface area contributed by atoms with Crippen LogP contribution in [0.3, 0.4) is 0 Å². The van der Waals surface area contributed by atoms with Crippen LogP contribution in [0.2, 0.25) is 0 Å². The number of carbonyl (C=O) groups excluding carboxylic acids is 2. The number of thiophene rings is 1. The smallest absolute Gasteiger partial charge is 0.254 e. The number of piperidine rings is 1. The molecule has 3 rings (SSSR count). The molecule has 2 amide bonds. The van der Waals surface area contributed by atoms with E-state index in [0.717, 1.165) is 37.9 Å². The Balaban J connectivity index is 1.46. The predicted octanol–water partition coefficient (Wildman–Crippen LogP) is 3.40. The summed E-state index contributed by atoms with van der Waals surface area (Å²) < 4.78 is 0. The van der Waals surface area contributed by atoms with E-state index < -0.39 is 0 Å². The molecule has 2 aromatic heterocycles. The molecule has 1 fully saturated rings. The van der Waals surface area contributed by atoms with E-state index in [1.54, 1.807) is 11.3 Å². The zero-order valence-corrected chi connectivity index (χ0v) is 20.6. The van der Waals surface area contributed by atoms with Crippen LogP contribution in [0.5, 0.6) is 0 Å². The highest BCUT2D eigenvalue weighted by atomic mass is 35.5. The number of halogens is 1. The summed E-state index contributed by atoms with van der Waals surface area (Å²) in [5.74, 6) is -0.0935. The van der Waals surface area contributed by atoms with Crippen LogP contribution < -0.4 is 5.32 Å². The Bertz CT molecular complexity index is 880. The molecule has 1 N–H and O–H groups in total. The lowest BCUT2D eigenvalue weighted by Crippen LogP contribution is -2.49. The van der Waals surface area contributed by atoms with Crippen molar-refractivity contribution in [1.29, 1.82) is 0 Å². The molecule has 32 heavy (non-hydrogen) atoms. The number of aryl methyl sites for hydroxylation is 2. The van der Waals surface area contributed by atoms with Crippen molar-refractivity contribution in [2.24, 2.45) is 0 Å². The molecule has 1 unspecified atom stereocenters. The first-order valence-electron chi connectivity index (χ1n) is 11.1. The molecular weight excluding hydrogens is 446 g/mol. The van der Waals surface area contributed by atoms with Gasteiger partial charge in [-0.2, -0.15) is 11.3 Å². The number of alkyl halides is 1. The number of hydrogen-bond donors (Lipinski definition) is 1. The minimum Gasteiger partial charge on any atom is -0.352 e. The predicted molar refractivity (Wildman–Crippen MR) is 128 cm³/mol. The molecule has 7 nitrogen and oxygen atoms in total. The fourth-order valence-electron chi connectivity index (χ4n) is 4.30. The fraction of sp³-hybridized carbons (Fsp3) is 0.565. The van der Waals surface area contributed by atoms with Gasteiger partial charge < -0.3 is 15.1 Å². The van der Waals surface area contributed by atoms with Gasteiger partial charge in [-0.25, -0.2) is 9.97 Å². The summed E-state index contributed by atoms with van der Waals surface area (Å²) in [6.07, 6.45) is 4.21. The lowest BCUT2D eigenvalue weighted by molar-refractivity contribution is -0.132. The van der Waals surface area contributed by atoms with Crippen molar-refractivity contribution >= 4 is 34.8 Å². The number of aromatic nitrogens is 2. The molecule has 1 saturated heterocycles. The monoisotopic (exact) mass is 477 g/mol. The molecule has 2 aromatic rings. The maximum atomic E-state index is 12.5. The summed E-state index contributed by atoms with van der Waals surface area (Å²) in [7, 11) is 0. The van der Waals surface area contributed by atoms with E-state index in [2.05, 4.69) is 38.6 Å². The SMILES string of the molecule is Cc1ncnc(C)c1C(=O)NCCC(C)N1CCC(N(Cc2ccsc2)C(=O)CCl)CC1. The van der Waals surface area contributed by atoms with Crippen LogP contribution in [0.25, 0.3) is 0 Å². The molecule has 0 aliphatic carbocycles. The zero-order valence-electron chi connectivity index (χ0n) is 19.0. The van der Waals surface area contributed by atoms with Gasteiger partial charge in [0.2, 0.25) is 5.91 Å². The largest absolute Gasteiger partial charge is 0.352 e. The summed E-state index contributed by atoms with van der Waals surface area (Å²) in [6, 6.07) is 2.63. The molecule has 3 heterocycles. The topological polar surface area (TPSA) is 78.4 Å². The second-order valence-electron chi connectivity index (χ2n) is 8.37. The quantitative estimate of drug-likeness (QED) is 0.560. The Morgan fingerprint density at radius 1 is 1.28 bits per heavy atom. The Hall–Kier alpha value is -2.03. The van der Waals surface area contributed by atoms with Crippen LogP contribution in [-0.4, -0.2) is 69.2 Å². The third-order valence-electron chi connectivity index (χ3n) is 6.23. The van der Waals surface area contributed by atoms with Gasteiger partial charge in [-0.3, -0.25) is 9.59 Å². The van der Waals surface area contributed by atoms with E-state index in [4.69, 9.17) is 11.6 Å². The van der Waals surface area contributed by atoms with Crippen LogP contribution in [0.4, 0.5) is 0 Å². The van der Waals surface area contributed by atoms with Crippen molar-refractivity contribution in [3.63, 3.8) is 0 Å². The first kappa shape index (κ1) is 24.6. The summed E-state index contributed by atoms with van der Waals surface area (Å²) in [6.45, 7) is 8.94. The van der Waals surface area contributed by atoms with Gasteiger partial charge in [-0.1, -0.05) is 0 Å². The van der Waals surface area contributed by atoms with E-state index in [1.807, 2.05) is 24.1 Å². The molecule has 0 radical (unpaired) electrons. The minimum atomic E-state index is -0.116. The normalized spacial score (nSPS) is 16.0. The third kappa shape index (κ3) is 6.27. The molecule has 1 aliphatic rings. The molecule has 0 bridgehead atoms. The molecule has 0 aromatic carbocycles. The maximum Gasteiger partial charge on any atom is 0.254 e. The molecule has 1 aliphatic heterocycles. The van der Waals surface area contributed by atoms with Crippen LogP contribution >= 0.6 is 22.9 Å². The van der Waals surface area contributed by atoms with E-state index in [-0.39, 0.29) is 23.7 Å². The number of nitrogens with zero attached hydrogens (tertiary/aromatic N) is 4. The summed E-state index contributed by atoms with van der Waals surface area (Å²) >= 11 is 7.54. The molecule has 1 atom stereocenters. The molecular formula is C23H32ClN5O2S. The highest BCUT2D eigenvalue weighted by molar-refractivity contribution is 7.07. The molecule has 0 spiro atoms. The van der Waals surface area contributed by atoms with Gasteiger partial charge in [-0.05, 0) is 62.4 Å². The standard InChI is InChI=1S/C23H32ClN5O2S/c1-16(4-8-25-23(31)22-17(2)26-15-27-18(22)3)28-9-5-20(6-10-28)29(21(30)12-24)13-19-7-11-32-14-19/h7,11,14-16,20H,4-6,8-10,12-13H2,1-3H3,(H,25,31). The average molecular weight is 478 g/mol. The number of nitrogens with one attached hydrogen (secondary N) is 1. The van der Waals surface area contributed by atoms with E-state index in [1.165, 1.54) is 6.33 Å². The van der Waals surface area contributed by atoms with Crippen molar-refractivity contribution in [3.05, 3.63) is 45.7 Å². The minimum absolute atomic E-state index is 0.00237. The van der Waals surface area contributed by atoms with Crippen molar-refractivity contribution in [2.45, 2.75) is 58.7 Å². The number of rotatable bonds is 9. The molecule has 0 saturated carbocycles. The van der Waals surface area contributed by atoms with Crippen LogP contribution in [0.1, 0.15) is 53.5 Å². The lowest BCUT2D eigenvalue weighted by atomic mass is 10.00. The van der Waals surface area contributed by atoms with Gasteiger partial charge in [0.15, 0.2) is 0 Å². The highest BCUT2D eigenvalue weighted by Crippen LogP contribution is 2.22. The van der Waals surface area contributed by atoms with Crippen molar-refractivity contribution in [3.8, 4) is 0 Å². The second kappa shape index (κ2) is 11.7. The summed E-state index contributed by atoms with van der Waals surface area (Å²) in [5, 5.41) is 7.14. The first-order valence-corrected chi connectivity index (χ1v) is 12.5. The van der Waals surface area contributed by atoms with Gasteiger partial charge in [0.05, 0.1) is 17.0 Å². The van der Waals surface area contributed by atoms with Crippen molar-refractivity contribution in [1.82, 2.24) is 25.1 Å². The third-order valence-corrected chi connectivity index (χ3v) is 7.19. The maximum absolute atomic E-state index is 12.5. The van der Waals surface area contributed by atoms with E-state index in [0.29, 0.717) is 36.1 Å². The van der Waals surface area contributed by atoms with Crippen molar-refractivity contribution < 1.29 is 9.59 Å². The Labute approximate surface area is 199 Å². The van der Waals surface area contributed by atoms with Gasteiger partial charge in [0.25, 0.3) is 5.91 Å². The summed E-state index contributed by atoms with van der Waals surface area (Å²) in [4.78, 5) is 37.6. The number of amides is 2. The first-order chi connectivity index (χ1) is 15.4. The highest BCUT2D eigenvalue weighted by Gasteiger charge is 2.29. The van der Waals surface area contributed by atoms with Gasteiger partial charge in [0, 0.05) is 38.3 Å². The van der Waals surface area contributed by atoms with Crippen LogP contribution in [0, 0.1) is 13.8 Å². The van der Waals surface area contributed by atoms with Gasteiger partial charge >= 0.3 is 0 Å². The Morgan fingerprint density at radius 3 is 2.56 bits per heavy atom. The van der Waals surface area contributed by atoms with Crippen molar-refractivity contribution in [2.75, 3.05) is 25.5 Å². The lowest BCUT2D eigenvalue weighted by Gasteiger charge is -2.40. The number of carbonyl (C=O) groups is 2. The second-order valence-corrected chi connectivity index (χ2v) is 9.41. The molecule has 9 heteroatoms. The zero-order chi connectivity index (χ0) is 23.1. The average Bonchev–Trinajstić information content (AvgIpc) is 3.30. The van der Waals surface area contributed by atoms with Gasteiger partial charge in [-0.15, -0.1) is 11.6 Å². The fourth-order valence-corrected chi connectivity index (χ4v) is 5.12. The number of hydrogen-bond acceptors (Lipinski definition) is 6. The Kier molecular flexibility index (Phi) is 9.02. The van der Waals surface area contributed by atoms with Gasteiger partial charge in [0.1, 0.15) is 12.2 Å². The van der Waals surface area contributed by atoms with E-state index in [9.17, 15) is 9.59 Å². The Morgan fingerprint density at radius 2 is 1.97 bits per heavy atom. The van der Waals surface area contributed by atoms with Crippen LogP contribution in [-0.2, 0) is 11.3 Å². The van der Waals surface area contributed by atoms with E-state index >= 15 is 0 Å². The molecule has 174 valence electrons. The van der Waals surface area contributed by atoms with Crippen LogP contribution in [0.15, 0.2) is 23.2 Å². The number of likely N-dealkylation sites (tertiary alicyclic amines) is 1. The summed E-state index contributed by atoms with van der Waals surface area (Å²) in [5.41, 5.74) is 3.12.